The molecule has 0 radical (unpaired) electrons. The Morgan fingerprint density at radius 1 is 0.531 bits per heavy atom. The Morgan fingerprint density at radius 2 is 0.918 bits per heavy atom. The Labute approximate surface area is 282 Å². The van der Waals surface area contributed by atoms with Gasteiger partial charge in [0.05, 0.1) is 6.10 Å². The van der Waals surface area contributed by atoms with Gasteiger partial charge in [0.15, 0.2) is 52.1 Å². The lowest BCUT2D eigenvalue weighted by molar-refractivity contribution is -0.284. The minimum absolute atomic E-state index is 0.678. The number of rotatable bonds is 13. The van der Waals surface area contributed by atoms with Crippen molar-refractivity contribution in [2.24, 2.45) is 0 Å². The number of hydrogen-bond donors (Lipinski definition) is 0. The summed E-state index contributed by atoms with van der Waals surface area (Å²) in [6.45, 7) is 8.46. The lowest BCUT2D eigenvalue weighted by Gasteiger charge is -2.48. The Balaban J connectivity index is 2.94. The van der Waals surface area contributed by atoms with Gasteiger partial charge in [0.25, 0.3) is 0 Å². The molecular formula is C29H42O19S. The van der Waals surface area contributed by atoms with Gasteiger partial charge in [-0.15, -0.1) is 0 Å². The first kappa shape index (κ1) is 41.3. The SMILES string of the molecule is CC(=O)OC[C@H]1O[C@@H](S(=O)(=O)[C@@H]2[C@@H](OC(C)=O)[C@@H](OC(C)C)O[C@H](COC(C)=O)[C@H]2OC(C)=O)[C@H](OC(C)=O)[C@@H](OC(C)=O)[C@H]1OC(C)=O. The molecule has 49 heavy (non-hydrogen) atoms. The monoisotopic (exact) mass is 726 g/mol. The van der Waals surface area contributed by atoms with Gasteiger partial charge in [0.2, 0.25) is 0 Å². The normalized spacial score (nSPS) is 29.9. The zero-order chi connectivity index (χ0) is 37.4. The van der Waals surface area contributed by atoms with Crippen LogP contribution in [-0.4, -0.2) is 129 Å². The van der Waals surface area contributed by atoms with Gasteiger partial charge in [-0.1, -0.05) is 0 Å². The van der Waals surface area contributed by atoms with Crippen LogP contribution in [0.5, 0.6) is 0 Å². The van der Waals surface area contributed by atoms with Crippen molar-refractivity contribution in [3.63, 3.8) is 0 Å². The highest BCUT2D eigenvalue weighted by atomic mass is 32.2. The molecule has 10 atom stereocenters. The second-order valence-corrected chi connectivity index (χ2v) is 13.5. The molecule has 0 bridgehead atoms. The van der Waals surface area contributed by atoms with Crippen LogP contribution in [0.2, 0.25) is 0 Å². The van der Waals surface area contributed by atoms with Crippen molar-refractivity contribution in [1.29, 1.82) is 0 Å². The molecule has 0 aromatic rings. The molecule has 2 heterocycles. The van der Waals surface area contributed by atoms with Gasteiger partial charge in [0.1, 0.15) is 30.7 Å². The van der Waals surface area contributed by atoms with Crippen molar-refractivity contribution < 1.29 is 89.3 Å². The van der Waals surface area contributed by atoms with E-state index in [4.69, 9.17) is 47.4 Å². The molecule has 2 aliphatic rings. The molecule has 0 amide bonds. The summed E-state index contributed by atoms with van der Waals surface area (Å²) in [5.41, 5.74) is -2.39. The third-order valence-electron chi connectivity index (χ3n) is 6.70. The van der Waals surface area contributed by atoms with E-state index in [0.29, 0.717) is 0 Å². The maximum atomic E-state index is 15.0. The van der Waals surface area contributed by atoms with Crippen molar-refractivity contribution in [2.75, 3.05) is 13.2 Å². The number of sulfone groups is 1. The molecule has 0 spiro atoms. The fraction of sp³-hybridized carbons (Fsp3) is 0.759. The van der Waals surface area contributed by atoms with Gasteiger partial charge in [0, 0.05) is 48.5 Å². The van der Waals surface area contributed by atoms with Crippen molar-refractivity contribution in [1.82, 2.24) is 0 Å². The number of ether oxygens (including phenoxy) is 10. The Kier molecular flexibility index (Phi) is 14.9. The van der Waals surface area contributed by atoms with Gasteiger partial charge < -0.3 is 47.4 Å². The second kappa shape index (κ2) is 17.7. The van der Waals surface area contributed by atoms with Crippen LogP contribution in [0.15, 0.2) is 0 Å². The number of carbonyl (C=O) groups is 7. The molecule has 19 nitrogen and oxygen atoms in total. The Morgan fingerprint density at radius 3 is 1.35 bits per heavy atom. The van der Waals surface area contributed by atoms with E-state index in [9.17, 15) is 33.6 Å². The molecule has 20 heteroatoms. The van der Waals surface area contributed by atoms with E-state index in [1.165, 1.54) is 0 Å². The highest BCUT2D eigenvalue weighted by Gasteiger charge is 2.64. The fourth-order valence-electron chi connectivity index (χ4n) is 5.22. The van der Waals surface area contributed by atoms with Gasteiger partial charge in [-0.3, -0.25) is 33.6 Å². The van der Waals surface area contributed by atoms with Crippen LogP contribution >= 0.6 is 0 Å². The fourth-order valence-corrected chi connectivity index (χ4v) is 7.58. The van der Waals surface area contributed by atoms with Crippen LogP contribution in [0.4, 0.5) is 0 Å². The average molecular weight is 727 g/mol. The maximum absolute atomic E-state index is 15.0. The summed E-state index contributed by atoms with van der Waals surface area (Å²) >= 11 is 0. The topological polar surface area (TPSA) is 246 Å². The van der Waals surface area contributed by atoms with Crippen molar-refractivity contribution in [2.45, 2.75) is 128 Å². The molecule has 0 aromatic carbocycles. The molecule has 278 valence electrons. The van der Waals surface area contributed by atoms with E-state index < -0.39 is 131 Å². The molecular weight excluding hydrogens is 684 g/mol. The van der Waals surface area contributed by atoms with Gasteiger partial charge >= 0.3 is 41.8 Å². The van der Waals surface area contributed by atoms with E-state index >= 15 is 8.42 Å². The van der Waals surface area contributed by atoms with Crippen molar-refractivity contribution >= 4 is 51.6 Å². The molecule has 0 aromatic heterocycles. The van der Waals surface area contributed by atoms with Crippen LogP contribution in [-0.2, 0) is 90.8 Å². The largest absolute Gasteiger partial charge is 0.463 e. The summed E-state index contributed by atoms with van der Waals surface area (Å²) in [4.78, 5) is 85.1. The third kappa shape index (κ3) is 11.6. The Bertz CT molecular complexity index is 1360. The molecule has 0 aliphatic carbocycles. The predicted octanol–water partition coefficient (Wildman–Crippen LogP) is -0.571. The van der Waals surface area contributed by atoms with E-state index in [1.807, 2.05) is 0 Å². The van der Waals surface area contributed by atoms with Crippen molar-refractivity contribution in [3.8, 4) is 0 Å². The van der Waals surface area contributed by atoms with Gasteiger partial charge in [-0.2, -0.15) is 0 Å². The first-order valence-corrected chi connectivity index (χ1v) is 16.6. The smallest absolute Gasteiger partial charge is 0.303 e. The van der Waals surface area contributed by atoms with E-state index in [-0.39, 0.29) is 0 Å². The van der Waals surface area contributed by atoms with Crippen LogP contribution < -0.4 is 0 Å². The first-order valence-electron chi connectivity index (χ1n) is 15.0. The van der Waals surface area contributed by atoms with Gasteiger partial charge in [-0.25, -0.2) is 8.42 Å². The summed E-state index contributed by atoms with van der Waals surface area (Å²) in [7, 11) is -5.23. The van der Waals surface area contributed by atoms with Crippen molar-refractivity contribution in [3.05, 3.63) is 0 Å². The predicted molar refractivity (Wildman–Crippen MR) is 157 cm³/mol. The molecule has 0 N–H and O–H groups in total. The molecule has 2 fully saturated rings. The molecule has 0 saturated carbocycles. The minimum Gasteiger partial charge on any atom is -0.463 e. The van der Waals surface area contributed by atoms with Gasteiger partial charge in [-0.05, 0) is 13.8 Å². The summed E-state index contributed by atoms with van der Waals surface area (Å²) in [5.74, 6) is -6.81. The number of carbonyl (C=O) groups excluding carboxylic acids is 7. The Hall–Kier alpha value is -3.88. The maximum Gasteiger partial charge on any atom is 0.303 e. The van der Waals surface area contributed by atoms with Crippen LogP contribution in [0.3, 0.4) is 0 Å². The van der Waals surface area contributed by atoms with Crippen LogP contribution in [0.25, 0.3) is 0 Å². The molecule has 2 aliphatic heterocycles. The molecule has 0 unspecified atom stereocenters. The number of hydrogen-bond acceptors (Lipinski definition) is 19. The number of esters is 7. The van der Waals surface area contributed by atoms with Crippen LogP contribution in [0, 0.1) is 0 Å². The summed E-state index contributed by atoms with van der Waals surface area (Å²) in [5, 5.41) is -2.18. The first-order chi connectivity index (χ1) is 22.6. The second-order valence-electron chi connectivity index (χ2n) is 11.3. The summed E-state index contributed by atoms with van der Waals surface area (Å²) < 4.78 is 84.4. The average Bonchev–Trinajstić information content (AvgIpc) is 2.92. The third-order valence-corrected chi connectivity index (χ3v) is 9.03. The zero-order valence-corrected chi connectivity index (χ0v) is 29.2. The summed E-state index contributed by atoms with van der Waals surface area (Å²) in [6.07, 6.45) is -15.1. The van der Waals surface area contributed by atoms with E-state index in [2.05, 4.69) is 0 Å². The standard InChI is InChI=1S/C29H42O19S/c1-12(2)41-28-26(46-19(9)36)27(23(43-16(6)33)21(47-28)11-40-14(4)31)49(37,38)29-25(45-18(8)35)24(44-17(7)34)22(42-15(5)32)20(48-29)10-39-13(3)30/h12,20-29H,10-11H2,1-9H3/t20-,21-,22+,23-,24+,25-,26-,27+,28+,29+/m1/s1. The van der Waals surface area contributed by atoms with E-state index in [1.54, 1.807) is 13.8 Å². The lowest BCUT2D eigenvalue weighted by atomic mass is 9.99. The van der Waals surface area contributed by atoms with Crippen LogP contribution in [0.1, 0.15) is 62.3 Å². The quantitative estimate of drug-likeness (QED) is 0.170. The highest BCUT2D eigenvalue weighted by molar-refractivity contribution is 7.92. The molecule has 2 saturated heterocycles. The zero-order valence-electron chi connectivity index (χ0n) is 28.4. The minimum atomic E-state index is -5.23. The lowest BCUT2D eigenvalue weighted by Crippen LogP contribution is -2.69. The van der Waals surface area contributed by atoms with E-state index in [0.717, 1.165) is 48.5 Å². The summed E-state index contributed by atoms with van der Waals surface area (Å²) in [6, 6.07) is 0. The highest BCUT2D eigenvalue weighted by Crippen LogP contribution is 2.39. The molecule has 2 rings (SSSR count).